The molecule has 1 rings (SSSR count). The summed E-state index contributed by atoms with van der Waals surface area (Å²) in [5, 5.41) is 2.52. The third-order valence-electron chi connectivity index (χ3n) is 1.73. The molecule has 1 aromatic rings. The molecule has 1 heterocycles. The third kappa shape index (κ3) is 2.11. The molecule has 0 saturated heterocycles. The van der Waals surface area contributed by atoms with Gasteiger partial charge in [-0.15, -0.1) is 0 Å². The normalized spacial score (nSPS) is 9.86. The number of rotatable bonds is 3. The fourth-order valence-electron chi connectivity index (χ4n) is 1.09. The first-order valence-electron chi connectivity index (χ1n) is 4.00. The molecule has 0 fully saturated rings. The molecule has 76 valence electrons. The van der Waals surface area contributed by atoms with Gasteiger partial charge in [-0.3, -0.25) is 9.59 Å². The summed E-state index contributed by atoms with van der Waals surface area (Å²) in [6.45, 7) is -0.0964. The Morgan fingerprint density at radius 3 is 2.64 bits per heavy atom. The highest BCUT2D eigenvalue weighted by Crippen LogP contribution is 2.11. The number of carbonyl (C=O) groups is 2. The number of nitrogens with one attached hydrogen (secondary N) is 1. The Hall–Kier alpha value is -1.82. The van der Waals surface area contributed by atoms with E-state index in [1.807, 2.05) is 0 Å². The molecule has 0 aliphatic carbocycles. The first-order valence-corrected chi connectivity index (χ1v) is 4.00. The molecule has 5 N–H and O–H groups in total. The summed E-state index contributed by atoms with van der Waals surface area (Å²) in [6, 6.07) is 1.50. The summed E-state index contributed by atoms with van der Waals surface area (Å²) < 4.78 is 1.54. The van der Waals surface area contributed by atoms with Crippen LogP contribution in [0.3, 0.4) is 0 Å². The van der Waals surface area contributed by atoms with Gasteiger partial charge in [0, 0.05) is 13.2 Å². The molecule has 0 radical (unpaired) electrons. The third-order valence-corrected chi connectivity index (χ3v) is 1.73. The van der Waals surface area contributed by atoms with Crippen molar-refractivity contribution in [3.05, 3.63) is 18.0 Å². The lowest BCUT2D eigenvalue weighted by Gasteiger charge is -1.97. The van der Waals surface area contributed by atoms with Gasteiger partial charge in [-0.1, -0.05) is 0 Å². The summed E-state index contributed by atoms with van der Waals surface area (Å²) in [6.07, 6.45) is 1.59. The van der Waals surface area contributed by atoms with Crippen molar-refractivity contribution in [1.29, 1.82) is 0 Å². The van der Waals surface area contributed by atoms with Crippen LogP contribution in [0.1, 0.15) is 10.5 Å². The minimum absolute atomic E-state index is 0.0964. The largest absolute Gasteiger partial charge is 0.364 e. The van der Waals surface area contributed by atoms with Crippen molar-refractivity contribution in [1.82, 2.24) is 4.57 Å². The molecule has 0 spiro atoms. The molecule has 0 aliphatic heterocycles. The zero-order valence-corrected chi connectivity index (χ0v) is 7.78. The smallest absolute Gasteiger partial charge is 0.265 e. The highest BCUT2D eigenvalue weighted by Gasteiger charge is 2.09. The van der Waals surface area contributed by atoms with E-state index in [0.29, 0.717) is 11.4 Å². The number of primary amides is 1. The summed E-state index contributed by atoms with van der Waals surface area (Å²) in [5.74, 6) is -0.854. The molecule has 0 bridgehead atoms. The maximum atomic E-state index is 10.9. The predicted octanol–water partition coefficient (Wildman–Crippen LogP) is -0.979. The van der Waals surface area contributed by atoms with Crippen molar-refractivity contribution in [2.45, 2.75) is 0 Å². The van der Waals surface area contributed by atoms with Gasteiger partial charge in [0.1, 0.15) is 5.69 Å². The van der Waals surface area contributed by atoms with Gasteiger partial charge in [-0.25, -0.2) is 0 Å². The van der Waals surface area contributed by atoms with E-state index in [2.05, 4.69) is 5.32 Å². The predicted molar refractivity (Wildman–Crippen MR) is 51.6 cm³/mol. The van der Waals surface area contributed by atoms with Gasteiger partial charge in [-0.2, -0.15) is 0 Å². The van der Waals surface area contributed by atoms with Crippen LogP contribution in [0.4, 0.5) is 5.69 Å². The zero-order chi connectivity index (χ0) is 10.7. The van der Waals surface area contributed by atoms with Crippen molar-refractivity contribution >= 4 is 17.5 Å². The van der Waals surface area contributed by atoms with E-state index >= 15 is 0 Å². The summed E-state index contributed by atoms with van der Waals surface area (Å²) >= 11 is 0. The minimum atomic E-state index is -0.541. The van der Waals surface area contributed by atoms with E-state index in [9.17, 15) is 9.59 Å². The Kier molecular flexibility index (Phi) is 2.88. The highest BCUT2D eigenvalue weighted by molar-refractivity contribution is 5.96. The Bertz CT molecular complexity index is 369. The number of aryl methyl sites for hydroxylation is 1. The summed E-state index contributed by atoms with van der Waals surface area (Å²) in [4.78, 5) is 21.8. The number of hydrogen-bond donors (Lipinski definition) is 3. The minimum Gasteiger partial charge on any atom is -0.364 e. The Morgan fingerprint density at radius 2 is 2.21 bits per heavy atom. The van der Waals surface area contributed by atoms with Crippen molar-refractivity contribution in [3.8, 4) is 0 Å². The molecule has 0 aliphatic rings. The van der Waals surface area contributed by atoms with Gasteiger partial charge in [0.05, 0.1) is 12.2 Å². The quantitative estimate of drug-likeness (QED) is 0.578. The number of carbonyl (C=O) groups excluding carboxylic acids is 2. The number of anilines is 1. The molecule has 6 nitrogen and oxygen atoms in total. The van der Waals surface area contributed by atoms with Crippen LogP contribution >= 0.6 is 0 Å². The topological polar surface area (TPSA) is 103 Å². The van der Waals surface area contributed by atoms with E-state index in [0.717, 1.165) is 0 Å². The van der Waals surface area contributed by atoms with Crippen LogP contribution < -0.4 is 16.8 Å². The fourth-order valence-corrected chi connectivity index (χ4v) is 1.09. The first kappa shape index (κ1) is 10.3. The van der Waals surface area contributed by atoms with Gasteiger partial charge in [0.25, 0.3) is 5.91 Å². The van der Waals surface area contributed by atoms with E-state index < -0.39 is 5.91 Å². The maximum absolute atomic E-state index is 10.9. The van der Waals surface area contributed by atoms with Crippen LogP contribution in [0.25, 0.3) is 0 Å². The molecule has 0 saturated carbocycles. The van der Waals surface area contributed by atoms with E-state index in [1.54, 1.807) is 13.2 Å². The SMILES string of the molecule is Cn1cc(NC(=O)CN)cc1C(N)=O. The molecule has 0 unspecified atom stereocenters. The van der Waals surface area contributed by atoms with Crippen molar-refractivity contribution < 1.29 is 9.59 Å². The molecule has 6 heteroatoms. The summed E-state index contributed by atoms with van der Waals surface area (Å²) in [5.41, 5.74) is 11.0. The van der Waals surface area contributed by atoms with Crippen LogP contribution in [-0.4, -0.2) is 22.9 Å². The maximum Gasteiger partial charge on any atom is 0.265 e. The Balaban J connectivity index is 2.86. The molecule has 0 atom stereocenters. The van der Waals surface area contributed by atoms with Gasteiger partial charge in [0.15, 0.2) is 0 Å². The molecule has 1 aromatic heterocycles. The highest BCUT2D eigenvalue weighted by atomic mass is 16.2. The second kappa shape index (κ2) is 3.93. The number of aromatic nitrogens is 1. The Labute approximate surface area is 80.9 Å². The van der Waals surface area contributed by atoms with Gasteiger partial charge >= 0.3 is 0 Å². The van der Waals surface area contributed by atoms with Crippen LogP contribution in [0, 0.1) is 0 Å². The van der Waals surface area contributed by atoms with Crippen molar-refractivity contribution in [2.75, 3.05) is 11.9 Å². The lowest BCUT2D eigenvalue weighted by Crippen LogP contribution is -2.21. The number of hydrogen-bond acceptors (Lipinski definition) is 3. The van der Waals surface area contributed by atoms with E-state index in [4.69, 9.17) is 11.5 Å². The molecule has 2 amide bonds. The van der Waals surface area contributed by atoms with Crippen LogP contribution in [0.2, 0.25) is 0 Å². The van der Waals surface area contributed by atoms with Gasteiger partial charge < -0.3 is 21.4 Å². The van der Waals surface area contributed by atoms with Crippen LogP contribution in [0.15, 0.2) is 12.3 Å². The lowest BCUT2D eigenvalue weighted by molar-refractivity contribution is -0.114. The zero-order valence-electron chi connectivity index (χ0n) is 7.78. The molecule has 0 aromatic carbocycles. The van der Waals surface area contributed by atoms with Crippen LogP contribution in [-0.2, 0) is 11.8 Å². The summed E-state index contributed by atoms with van der Waals surface area (Å²) in [7, 11) is 1.66. The van der Waals surface area contributed by atoms with Crippen LogP contribution in [0.5, 0.6) is 0 Å². The standard InChI is InChI=1S/C8H12N4O2/c1-12-4-5(11-7(13)3-9)2-6(12)8(10)14/h2,4H,3,9H2,1H3,(H2,10,14)(H,11,13). The molecular weight excluding hydrogens is 184 g/mol. The van der Waals surface area contributed by atoms with Gasteiger partial charge in [0.2, 0.25) is 5.91 Å². The fraction of sp³-hybridized carbons (Fsp3) is 0.250. The number of nitrogens with zero attached hydrogens (tertiary/aromatic N) is 1. The average Bonchev–Trinajstić information content (AvgIpc) is 2.46. The Morgan fingerprint density at radius 1 is 1.57 bits per heavy atom. The lowest BCUT2D eigenvalue weighted by atomic mass is 10.4. The van der Waals surface area contributed by atoms with E-state index in [-0.39, 0.29) is 12.5 Å². The van der Waals surface area contributed by atoms with Crippen molar-refractivity contribution in [2.24, 2.45) is 18.5 Å². The van der Waals surface area contributed by atoms with E-state index in [1.165, 1.54) is 10.6 Å². The number of amides is 2. The van der Waals surface area contributed by atoms with Gasteiger partial charge in [-0.05, 0) is 6.07 Å². The molecule has 14 heavy (non-hydrogen) atoms. The van der Waals surface area contributed by atoms with Crippen molar-refractivity contribution in [3.63, 3.8) is 0 Å². The second-order valence-corrected chi connectivity index (χ2v) is 2.84. The molecular formula is C8H12N4O2. The monoisotopic (exact) mass is 196 g/mol. The first-order chi connectivity index (χ1) is 6.54. The number of nitrogens with two attached hydrogens (primary N) is 2. The average molecular weight is 196 g/mol. The second-order valence-electron chi connectivity index (χ2n) is 2.84.